The van der Waals surface area contributed by atoms with Crippen LogP contribution in [0.25, 0.3) is 0 Å². The van der Waals surface area contributed by atoms with Crippen LogP contribution in [-0.4, -0.2) is 73.1 Å². The molecule has 1 amide bonds. The second-order valence-electron chi connectivity index (χ2n) is 5.64. The van der Waals surface area contributed by atoms with E-state index in [-0.39, 0.29) is 18.8 Å². The largest absolute Gasteiger partial charge is 0.394 e. The van der Waals surface area contributed by atoms with Gasteiger partial charge in [0.1, 0.15) is 23.9 Å². The summed E-state index contributed by atoms with van der Waals surface area (Å²) >= 11 is 0. The number of primary amides is 1. The highest BCUT2D eigenvalue weighted by atomic mass is 16.6. The Balaban J connectivity index is 1.77. The van der Waals surface area contributed by atoms with E-state index in [1.165, 1.54) is 6.20 Å². The molecule has 0 aromatic carbocycles. The first-order valence-corrected chi connectivity index (χ1v) is 7.02. The molecule has 23 heavy (non-hydrogen) atoms. The molecular weight excluding hydrogens is 310 g/mol. The van der Waals surface area contributed by atoms with Crippen molar-refractivity contribution >= 4 is 11.7 Å². The maximum atomic E-state index is 12.0. The zero-order valence-corrected chi connectivity index (χ0v) is 12.0. The van der Waals surface area contributed by atoms with Gasteiger partial charge in [0.25, 0.3) is 0 Å². The number of carbonyl (C=O) groups excluding carboxylic acids is 1. The molecule has 1 aromatic rings. The lowest BCUT2D eigenvalue weighted by Gasteiger charge is -2.15. The predicted molar refractivity (Wildman–Crippen MR) is 74.3 cm³/mol. The second kappa shape index (κ2) is 5.53. The zero-order chi connectivity index (χ0) is 16.8. The van der Waals surface area contributed by atoms with Crippen LogP contribution in [0.4, 0.5) is 5.82 Å². The number of aromatic nitrogens is 3. The van der Waals surface area contributed by atoms with E-state index in [2.05, 4.69) is 15.4 Å². The smallest absolute Gasteiger partial charge is 0.366 e. The van der Waals surface area contributed by atoms with Gasteiger partial charge in [0.2, 0.25) is 5.91 Å². The fourth-order valence-corrected chi connectivity index (χ4v) is 2.87. The Morgan fingerprint density at radius 1 is 1.57 bits per heavy atom. The quantitative estimate of drug-likeness (QED) is 0.365. The fraction of sp³-hybridized carbons (Fsp3) is 0.667. The molecule has 1 saturated carbocycles. The number of aliphatic hydroxyl groups is 3. The molecule has 3 rings (SSSR count). The van der Waals surface area contributed by atoms with Gasteiger partial charge in [0.05, 0.1) is 25.4 Å². The van der Waals surface area contributed by atoms with E-state index >= 15 is 0 Å². The average Bonchev–Trinajstić information content (AvgIpc) is 3.18. The maximum absolute atomic E-state index is 12.0. The number of amides is 1. The second-order valence-corrected chi connectivity index (χ2v) is 5.64. The number of hydrogen-bond acceptors (Lipinski definition) is 9. The fourth-order valence-electron chi connectivity index (χ4n) is 2.87. The van der Waals surface area contributed by atoms with Crippen LogP contribution in [0.15, 0.2) is 11.0 Å². The lowest BCUT2D eigenvalue weighted by atomic mass is 10.1. The Morgan fingerprint density at radius 3 is 2.87 bits per heavy atom. The van der Waals surface area contributed by atoms with Crippen molar-refractivity contribution in [1.29, 1.82) is 0 Å². The third-order valence-electron chi connectivity index (χ3n) is 4.13. The molecule has 5 atom stereocenters. The number of carbonyl (C=O) groups is 1. The van der Waals surface area contributed by atoms with Gasteiger partial charge in [-0.3, -0.25) is 4.79 Å². The molecular formula is C12H17N5O6. The van der Waals surface area contributed by atoms with E-state index in [4.69, 9.17) is 15.6 Å². The van der Waals surface area contributed by atoms with E-state index in [0.717, 1.165) is 4.68 Å². The van der Waals surface area contributed by atoms with Crippen molar-refractivity contribution in [2.24, 2.45) is 5.73 Å². The molecule has 1 saturated heterocycles. The van der Waals surface area contributed by atoms with Gasteiger partial charge in [-0.2, -0.15) is 10.1 Å². The van der Waals surface area contributed by atoms with Crippen LogP contribution < -0.4 is 16.7 Å². The van der Waals surface area contributed by atoms with Crippen molar-refractivity contribution in [2.45, 2.75) is 36.4 Å². The monoisotopic (exact) mass is 327 g/mol. The lowest BCUT2D eigenvalue weighted by molar-refractivity contribution is -0.116. The summed E-state index contributed by atoms with van der Waals surface area (Å²) in [5.41, 5.74) is 3.14. The summed E-state index contributed by atoms with van der Waals surface area (Å²) in [7, 11) is 0. The van der Waals surface area contributed by atoms with Crippen LogP contribution in [-0.2, 0) is 9.53 Å². The van der Waals surface area contributed by atoms with E-state index in [0.29, 0.717) is 0 Å². The summed E-state index contributed by atoms with van der Waals surface area (Å²) in [6.07, 6.45) is -1.85. The van der Waals surface area contributed by atoms with Crippen LogP contribution in [0.2, 0.25) is 0 Å². The van der Waals surface area contributed by atoms with Gasteiger partial charge in [0, 0.05) is 6.42 Å². The summed E-state index contributed by atoms with van der Waals surface area (Å²) in [6.45, 7) is -0.624. The number of anilines is 1. The van der Waals surface area contributed by atoms with Crippen LogP contribution in [0.5, 0.6) is 0 Å². The summed E-state index contributed by atoms with van der Waals surface area (Å²) in [4.78, 5) is 26.4. The van der Waals surface area contributed by atoms with Crippen molar-refractivity contribution in [3.63, 3.8) is 0 Å². The number of rotatable bonds is 5. The Bertz CT molecular complexity index is 680. The summed E-state index contributed by atoms with van der Waals surface area (Å²) < 4.78 is 6.56. The van der Waals surface area contributed by atoms with Crippen molar-refractivity contribution in [3.05, 3.63) is 16.7 Å². The molecule has 1 spiro atoms. The molecule has 6 N–H and O–H groups in total. The standard InChI is InChI=1S/C12H17N5O6/c13-7(19)2-14-8-3-15-17(11(22)16-8)6-1-12(6)10(21)9(20)5(4-18)23-12/h3,5-6,9-10,18,20-21H,1-2,4H2,(H2,13,19)(H,14,16,22)/t5?,6-,9-,10-,12-/m1/s1. The number of nitrogens with zero attached hydrogens (tertiary/aromatic N) is 3. The van der Waals surface area contributed by atoms with Crippen LogP contribution in [0.1, 0.15) is 12.5 Å². The van der Waals surface area contributed by atoms with Gasteiger partial charge in [-0.1, -0.05) is 0 Å². The lowest BCUT2D eigenvalue weighted by Crippen LogP contribution is -2.37. The summed E-state index contributed by atoms with van der Waals surface area (Å²) in [5.74, 6) is -0.510. The molecule has 2 fully saturated rings. The number of nitrogens with two attached hydrogens (primary N) is 1. The van der Waals surface area contributed by atoms with Crippen molar-refractivity contribution in [2.75, 3.05) is 18.5 Å². The number of aliphatic hydroxyl groups excluding tert-OH is 3. The Labute approximate surface area is 129 Å². The van der Waals surface area contributed by atoms with Gasteiger partial charge in [-0.05, 0) is 0 Å². The number of hydrogen-bond donors (Lipinski definition) is 5. The molecule has 2 heterocycles. The van der Waals surface area contributed by atoms with E-state index in [9.17, 15) is 19.8 Å². The molecule has 1 unspecified atom stereocenters. The highest BCUT2D eigenvalue weighted by Crippen LogP contribution is 2.57. The SMILES string of the molecule is NC(=O)CNc1cnn([C@@H]2C[C@@]23OC(CO)[C@@H](O)[C@H]3O)c(=O)n1. The molecule has 1 aromatic heterocycles. The normalized spacial score (nSPS) is 35.4. The van der Waals surface area contributed by atoms with Crippen molar-refractivity contribution < 1.29 is 24.9 Å². The Hall–Kier alpha value is -2.08. The van der Waals surface area contributed by atoms with Gasteiger partial charge in [0.15, 0.2) is 5.82 Å². The first-order chi connectivity index (χ1) is 10.9. The third-order valence-corrected chi connectivity index (χ3v) is 4.13. The molecule has 11 nitrogen and oxygen atoms in total. The molecule has 1 aliphatic heterocycles. The molecule has 11 heteroatoms. The van der Waals surface area contributed by atoms with Gasteiger partial charge in [-0.25, -0.2) is 9.48 Å². The van der Waals surface area contributed by atoms with Gasteiger partial charge in [-0.15, -0.1) is 0 Å². The third kappa shape index (κ3) is 2.57. The highest BCUT2D eigenvalue weighted by molar-refractivity contribution is 5.78. The number of nitrogens with one attached hydrogen (secondary N) is 1. The summed E-state index contributed by atoms with van der Waals surface area (Å²) in [5, 5.41) is 35.5. The maximum Gasteiger partial charge on any atom is 0.366 e. The average molecular weight is 327 g/mol. The van der Waals surface area contributed by atoms with Crippen molar-refractivity contribution in [3.8, 4) is 0 Å². The minimum Gasteiger partial charge on any atom is -0.394 e. The molecule has 2 aliphatic rings. The predicted octanol–water partition coefficient (Wildman–Crippen LogP) is -3.67. The van der Waals surface area contributed by atoms with Crippen LogP contribution in [0, 0.1) is 0 Å². The van der Waals surface area contributed by atoms with Gasteiger partial charge < -0.3 is 31.1 Å². The van der Waals surface area contributed by atoms with Gasteiger partial charge >= 0.3 is 5.69 Å². The topological polar surface area (TPSA) is 173 Å². The Kier molecular flexibility index (Phi) is 3.80. The molecule has 1 aliphatic carbocycles. The molecule has 0 radical (unpaired) electrons. The minimum atomic E-state index is -1.23. The first kappa shape index (κ1) is 15.8. The number of ether oxygens (including phenoxy) is 1. The van der Waals surface area contributed by atoms with Crippen LogP contribution >= 0.6 is 0 Å². The van der Waals surface area contributed by atoms with Crippen LogP contribution in [0.3, 0.4) is 0 Å². The first-order valence-electron chi connectivity index (χ1n) is 7.02. The van der Waals surface area contributed by atoms with Crippen molar-refractivity contribution in [1.82, 2.24) is 14.8 Å². The molecule has 0 bridgehead atoms. The minimum absolute atomic E-state index is 0.0981. The highest BCUT2D eigenvalue weighted by Gasteiger charge is 2.70. The van der Waals surface area contributed by atoms with E-state index < -0.39 is 48.2 Å². The zero-order valence-electron chi connectivity index (χ0n) is 12.0. The van der Waals surface area contributed by atoms with E-state index in [1.54, 1.807) is 0 Å². The Morgan fingerprint density at radius 2 is 2.30 bits per heavy atom. The summed E-state index contributed by atoms with van der Waals surface area (Å²) in [6, 6.07) is -0.589. The van der Waals surface area contributed by atoms with E-state index in [1.807, 2.05) is 0 Å². The molecule has 126 valence electrons.